The average molecular weight is 424 g/mol. The Balaban J connectivity index is 2.24. The lowest BCUT2D eigenvalue weighted by molar-refractivity contribution is -0.145. The minimum absolute atomic E-state index is 0.0488. The first-order chi connectivity index (χ1) is 8.52. The molecule has 1 aromatic rings. The molecular formula is C12H11BrINO3. The maximum Gasteiger partial charge on any atom is 0.311 e. The molecule has 0 radical (unpaired) electrons. The molecule has 18 heavy (non-hydrogen) atoms. The van der Waals surface area contributed by atoms with Gasteiger partial charge in [-0.25, -0.2) is 0 Å². The number of hydrogen-bond acceptors (Lipinski definition) is 3. The van der Waals surface area contributed by atoms with Gasteiger partial charge in [-0.2, -0.15) is 0 Å². The molecule has 4 nitrogen and oxygen atoms in total. The Morgan fingerprint density at radius 2 is 2.28 bits per heavy atom. The van der Waals surface area contributed by atoms with Crippen molar-refractivity contribution < 1.29 is 14.3 Å². The van der Waals surface area contributed by atoms with Gasteiger partial charge in [0, 0.05) is 21.0 Å². The van der Waals surface area contributed by atoms with Crippen molar-refractivity contribution in [2.24, 2.45) is 5.92 Å². The number of benzene rings is 1. The number of methoxy groups -OCH3 is 1. The highest BCUT2D eigenvalue weighted by atomic mass is 127. The van der Waals surface area contributed by atoms with Crippen molar-refractivity contribution >= 4 is 56.1 Å². The second kappa shape index (κ2) is 5.56. The van der Waals surface area contributed by atoms with Gasteiger partial charge in [0.2, 0.25) is 5.91 Å². The van der Waals surface area contributed by atoms with Gasteiger partial charge in [-0.3, -0.25) is 9.59 Å². The number of carbonyl (C=O) groups excluding carboxylic acids is 2. The normalized spacial score (nSPS) is 19.2. The van der Waals surface area contributed by atoms with E-state index in [4.69, 9.17) is 0 Å². The molecule has 0 N–H and O–H groups in total. The van der Waals surface area contributed by atoms with Crippen molar-refractivity contribution in [3.63, 3.8) is 0 Å². The minimum atomic E-state index is -0.367. The Kier molecular flexibility index (Phi) is 4.26. The number of halogens is 2. The van der Waals surface area contributed by atoms with Crippen LogP contribution in [0.2, 0.25) is 0 Å². The predicted octanol–water partition coefficient (Wildman–Crippen LogP) is 2.58. The van der Waals surface area contributed by atoms with Crippen LogP contribution in [0, 0.1) is 9.49 Å². The number of rotatable bonds is 2. The first-order valence-corrected chi connectivity index (χ1v) is 7.23. The zero-order valence-corrected chi connectivity index (χ0v) is 13.4. The van der Waals surface area contributed by atoms with Gasteiger partial charge in [-0.15, -0.1) is 0 Å². The lowest BCUT2D eigenvalue weighted by Crippen LogP contribution is -2.26. The first-order valence-electron chi connectivity index (χ1n) is 5.36. The molecule has 1 unspecified atom stereocenters. The number of ether oxygens (including phenoxy) is 1. The molecule has 0 aromatic heterocycles. The number of carbonyl (C=O) groups is 2. The van der Waals surface area contributed by atoms with Crippen LogP contribution in [0.4, 0.5) is 5.69 Å². The van der Waals surface area contributed by atoms with Crippen molar-refractivity contribution in [2.45, 2.75) is 6.42 Å². The lowest BCUT2D eigenvalue weighted by atomic mass is 10.1. The fourth-order valence-electron chi connectivity index (χ4n) is 1.97. The Hall–Kier alpha value is -0.630. The smallest absolute Gasteiger partial charge is 0.311 e. The summed E-state index contributed by atoms with van der Waals surface area (Å²) in [6.07, 6.45) is 0.213. The van der Waals surface area contributed by atoms with Crippen molar-refractivity contribution in [2.75, 3.05) is 18.6 Å². The minimum Gasteiger partial charge on any atom is -0.469 e. The van der Waals surface area contributed by atoms with Crippen LogP contribution in [0.1, 0.15) is 6.42 Å². The van der Waals surface area contributed by atoms with Crippen LogP contribution in [0.3, 0.4) is 0 Å². The Morgan fingerprint density at radius 3 is 2.89 bits per heavy atom. The van der Waals surface area contributed by atoms with Gasteiger partial charge >= 0.3 is 5.97 Å². The van der Waals surface area contributed by atoms with Crippen molar-refractivity contribution in [1.29, 1.82) is 0 Å². The van der Waals surface area contributed by atoms with Gasteiger partial charge in [-0.05, 0) is 56.7 Å². The molecule has 1 aliphatic rings. The molecule has 1 saturated heterocycles. The second-order valence-corrected chi connectivity index (χ2v) is 6.12. The molecule has 1 aromatic carbocycles. The number of nitrogens with zero attached hydrogens (tertiary/aromatic N) is 1. The van der Waals surface area contributed by atoms with Crippen molar-refractivity contribution in [3.8, 4) is 0 Å². The van der Waals surface area contributed by atoms with E-state index in [1.165, 1.54) is 7.11 Å². The van der Waals surface area contributed by atoms with E-state index in [2.05, 4.69) is 43.3 Å². The third-order valence-corrected chi connectivity index (χ3v) is 4.17. The Labute approximate surface area is 127 Å². The highest BCUT2D eigenvalue weighted by Gasteiger charge is 2.36. The second-order valence-electron chi connectivity index (χ2n) is 4.02. The summed E-state index contributed by atoms with van der Waals surface area (Å²) in [7, 11) is 1.34. The van der Waals surface area contributed by atoms with Crippen LogP contribution < -0.4 is 4.90 Å². The van der Waals surface area contributed by atoms with Crippen molar-refractivity contribution in [1.82, 2.24) is 0 Å². The average Bonchev–Trinajstić information content (AvgIpc) is 2.70. The molecule has 0 aliphatic carbocycles. The Morgan fingerprint density at radius 1 is 1.56 bits per heavy atom. The number of amides is 1. The molecule has 6 heteroatoms. The highest BCUT2D eigenvalue weighted by Crippen LogP contribution is 2.32. The van der Waals surface area contributed by atoms with Crippen molar-refractivity contribution in [3.05, 3.63) is 26.2 Å². The number of esters is 1. The summed E-state index contributed by atoms with van der Waals surface area (Å²) in [4.78, 5) is 25.0. The molecule has 96 valence electrons. The quantitative estimate of drug-likeness (QED) is 0.542. The molecule has 2 rings (SSSR count). The zero-order valence-electron chi connectivity index (χ0n) is 9.65. The highest BCUT2D eigenvalue weighted by molar-refractivity contribution is 14.1. The maximum absolute atomic E-state index is 11.9. The van der Waals surface area contributed by atoms with Gasteiger partial charge in [-0.1, -0.05) is 0 Å². The van der Waals surface area contributed by atoms with Crippen LogP contribution in [0.15, 0.2) is 22.7 Å². The fourth-order valence-corrected chi connectivity index (χ4v) is 3.48. The largest absolute Gasteiger partial charge is 0.469 e. The summed E-state index contributed by atoms with van der Waals surface area (Å²) in [6, 6.07) is 5.75. The van der Waals surface area contributed by atoms with Gasteiger partial charge in [0.15, 0.2) is 0 Å². The molecule has 1 atom stereocenters. The monoisotopic (exact) mass is 423 g/mol. The standard InChI is InChI=1S/C12H11BrINO3/c1-18-12(17)7-4-11(16)15(6-7)10-3-2-8(14)5-9(10)13/h2-3,5,7H,4,6H2,1H3. The van der Waals surface area contributed by atoms with Crippen LogP contribution in [0.25, 0.3) is 0 Å². The molecule has 0 saturated carbocycles. The van der Waals surface area contributed by atoms with E-state index < -0.39 is 0 Å². The van der Waals surface area contributed by atoms with E-state index >= 15 is 0 Å². The van der Waals surface area contributed by atoms with Gasteiger partial charge in [0.1, 0.15) is 0 Å². The van der Waals surface area contributed by atoms with Gasteiger partial charge in [0.25, 0.3) is 0 Å². The molecular weight excluding hydrogens is 413 g/mol. The summed E-state index contributed by atoms with van der Waals surface area (Å²) in [5.74, 6) is -0.742. The first kappa shape index (κ1) is 13.8. The van der Waals surface area contributed by atoms with E-state index in [0.29, 0.717) is 6.54 Å². The van der Waals surface area contributed by atoms with Crippen LogP contribution >= 0.6 is 38.5 Å². The van der Waals surface area contributed by atoms with Crippen LogP contribution in [-0.2, 0) is 14.3 Å². The third-order valence-electron chi connectivity index (χ3n) is 2.86. The van der Waals surface area contributed by atoms with Gasteiger partial charge in [0.05, 0.1) is 18.7 Å². The predicted molar refractivity (Wildman–Crippen MR) is 79.3 cm³/mol. The SMILES string of the molecule is COC(=O)C1CC(=O)N(c2ccc(I)cc2Br)C1. The van der Waals surface area contributed by atoms with Gasteiger partial charge < -0.3 is 9.64 Å². The fraction of sp³-hybridized carbons (Fsp3) is 0.333. The summed E-state index contributed by atoms with van der Waals surface area (Å²) in [5.41, 5.74) is 0.798. The zero-order chi connectivity index (χ0) is 13.3. The molecule has 0 bridgehead atoms. The Bertz CT molecular complexity index is 506. The summed E-state index contributed by atoms with van der Waals surface area (Å²) < 4.78 is 6.62. The van der Waals surface area contributed by atoms with E-state index in [9.17, 15) is 9.59 Å². The molecule has 1 amide bonds. The molecule has 1 aliphatic heterocycles. The number of hydrogen-bond donors (Lipinski definition) is 0. The summed E-state index contributed by atoms with van der Waals surface area (Å²) in [6.45, 7) is 0.380. The van der Waals surface area contributed by atoms with E-state index in [0.717, 1.165) is 13.7 Å². The summed E-state index contributed by atoms with van der Waals surface area (Å²) in [5, 5.41) is 0. The van der Waals surface area contributed by atoms with Crippen LogP contribution in [0.5, 0.6) is 0 Å². The summed E-state index contributed by atoms with van der Waals surface area (Å²) >= 11 is 5.65. The van der Waals surface area contributed by atoms with E-state index in [1.54, 1.807) is 4.90 Å². The maximum atomic E-state index is 11.9. The van der Waals surface area contributed by atoms with Crippen LogP contribution in [-0.4, -0.2) is 25.5 Å². The third kappa shape index (κ3) is 2.69. The number of anilines is 1. The van der Waals surface area contributed by atoms with E-state index in [-0.39, 0.29) is 24.2 Å². The van der Waals surface area contributed by atoms with E-state index in [1.807, 2.05) is 18.2 Å². The topological polar surface area (TPSA) is 46.6 Å². The molecule has 1 heterocycles. The lowest BCUT2D eigenvalue weighted by Gasteiger charge is -2.18. The molecule has 0 spiro atoms. The molecule has 1 fully saturated rings.